The van der Waals surface area contributed by atoms with Crippen molar-refractivity contribution in [2.45, 2.75) is 19.9 Å². The lowest BCUT2D eigenvalue weighted by atomic mass is 10.2. The molecule has 1 aromatic rings. The van der Waals surface area contributed by atoms with E-state index < -0.39 is 0 Å². The fraction of sp³-hybridized carbons (Fsp3) is 0.333. The molecule has 0 aliphatic carbocycles. The van der Waals surface area contributed by atoms with Gasteiger partial charge < -0.3 is 5.11 Å². The van der Waals surface area contributed by atoms with E-state index in [1.54, 1.807) is 13.0 Å². The maximum atomic E-state index is 11.3. The van der Waals surface area contributed by atoms with Crippen molar-refractivity contribution in [2.75, 3.05) is 0 Å². The Labute approximate surface area is 86.5 Å². The quantitative estimate of drug-likeness (QED) is 0.587. The van der Waals surface area contributed by atoms with Gasteiger partial charge in [-0.2, -0.15) is 0 Å². The van der Waals surface area contributed by atoms with Crippen LogP contribution in [-0.4, -0.2) is 14.7 Å². The third-order valence-corrected chi connectivity index (χ3v) is 2.25. The van der Waals surface area contributed by atoms with E-state index in [1.165, 1.54) is 4.57 Å². The van der Waals surface area contributed by atoms with Crippen LogP contribution in [0.4, 0.5) is 0 Å². The molecule has 0 spiro atoms. The van der Waals surface area contributed by atoms with E-state index >= 15 is 0 Å². The predicted octanol–water partition coefficient (Wildman–Crippen LogP) is 1.36. The van der Waals surface area contributed by atoms with E-state index in [-0.39, 0.29) is 16.2 Å². The van der Waals surface area contributed by atoms with E-state index in [0.29, 0.717) is 18.5 Å². The number of aromatic hydroxyl groups is 1. The van der Waals surface area contributed by atoms with E-state index in [9.17, 15) is 9.90 Å². The van der Waals surface area contributed by atoms with Gasteiger partial charge in [-0.15, -0.1) is 6.58 Å². The van der Waals surface area contributed by atoms with Crippen LogP contribution in [0.2, 0.25) is 0 Å². The Morgan fingerprint density at radius 3 is 2.86 bits per heavy atom. The zero-order valence-corrected chi connectivity index (χ0v) is 8.73. The minimum absolute atomic E-state index is 0.0684. The molecule has 0 radical (unpaired) electrons. The molecule has 0 saturated heterocycles. The first kappa shape index (κ1) is 10.7. The first-order valence-electron chi connectivity index (χ1n) is 4.27. The average Bonchev–Trinajstić information content (AvgIpc) is 2.12. The summed E-state index contributed by atoms with van der Waals surface area (Å²) in [6.45, 7) is 5.73. The summed E-state index contributed by atoms with van der Waals surface area (Å²) < 4.78 is 1.65. The smallest absolute Gasteiger partial charge is 0.258 e. The van der Waals surface area contributed by atoms with Crippen molar-refractivity contribution in [1.82, 2.24) is 9.55 Å². The van der Waals surface area contributed by atoms with Gasteiger partial charge in [-0.3, -0.25) is 14.3 Å². The Morgan fingerprint density at radius 2 is 2.36 bits per heavy atom. The van der Waals surface area contributed by atoms with Gasteiger partial charge in [0.15, 0.2) is 4.77 Å². The molecule has 0 atom stereocenters. The lowest BCUT2D eigenvalue weighted by molar-refractivity contribution is 0.407. The summed E-state index contributed by atoms with van der Waals surface area (Å²) in [5.41, 5.74) is 0.0239. The number of H-pyrrole nitrogens is 1. The number of hydrogen-bond acceptors (Lipinski definition) is 3. The van der Waals surface area contributed by atoms with Gasteiger partial charge in [-0.25, -0.2) is 0 Å². The summed E-state index contributed by atoms with van der Waals surface area (Å²) in [5.74, 6) is -0.0684. The standard InChI is InChI=1S/C9H12N2O2S/c1-3-5-11-8(13)6(4-2)7(12)10-9(11)14/h3,13H,1,4-5H2,2H3,(H,10,12,14). The molecule has 1 heterocycles. The van der Waals surface area contributed by atoms with Crippen LogP contribution in [0.25, 0.3) is 0 Å². The highest BCUT2D eigenvalue weighted by Gasteiger charge is 2.08. The molecule has 1 rings (SSSR count). The first-order valence-corrected chi connectivity index (χ1v) is 4.68. The van der Waals surface area contributed by atoms with Gasteiger partial charge in [0.25, 0.3) is 5.56 Å². The first-order chi connectivity index (χ1) is 6.61. The molecule has 0 aliphatic rings. The summed E-state index contributed by atoms with van der Waals surface area (Å²) in [5, 5.41) is 9.71. The fourth-order valence-electron chi connectivity index (χ4n) is 1.22. The van der Waals surface area contributed by atoms with Crippen molar-refractivity contribution in [2.24, 2.45) is 0 Å². The second-order valence-corrected chi connectivity index (χ2v) is 3.20. The third-order valence-electron chi connectivity index (χ3n) is 1.93. The molecular formula is C9H12N2O2S. The van der Waals surface area contributed by atoms with Crippen LogP contribution >= 0.6 is 12.2 Å². The average molecular weight is 212 g/mol. The summed E-state index contributed by atoms with van der Waals surface area (Å²) in [6, 6.07) is 0. The van der Waals surface area contributed by atoms with Crippen LogP contribution in [0.1, 0.15) is 12.5 Å². The summed E-state index contributed by atoms with van der Waals surface area (Å²) in [6.07, 6.45) is 2.07. The van der Waals surface area contributed by atoms with Crippen molar-refractivity contribution < 1.29 is 5.11 Å². The van der Waals surface area contributed by atoms with Gasteiger partial charge in [-0.05, 0) is 18.6 Å². The number of aromatic amines is 1. The number of nitrogens with zero attached hydrogens (tertiary/aromatic N) is 1. The van der Waals surface area contributed by atoms with Crippen LogP contribution in [0, 0.1) is 4.77 Å². The Morgan fingerprint density at radius 1 is 1.71 bits per heavy atom. The van der Waals surface area contributed by atoms with Crippen LogP contribution in [0.15, 0.2) is 17.4 Å². The largest absolute Gasteiger partial charge is 0.494 e. The van der Waals surface area contributed by atoms with Gasteiger partial charge >= 0.3 is 0 Å². The highest BCUT2D eigenvalue weighted by atomic mass is 32.1. The second kappa shape index (κ2) is 4.23. The molecule has 0 bridgehead atoms. The van der Waals surface area contributed by atoms with Gasteiger partial charge in [0, 0.05) is 6.54 Å². The summed E-state index contributed by atoms with van der Waals surface area (Å²) >= 11 is 4.90. The molecule has 5 heteroatoms. The number of allylic oxidation sites excluding steroid dienone is 1. The van der Waals surface area contributed by atoms with Gasteiger partial charge in [0.2, 0.25) is 5.88 Å². The molecule has 76 valence electrons. The molecule has 4 nitrogen and oxygen atoms in total. The molecule has 0 aliphatic heterocycles. The van der Waals surface area contributed by atoms with Crippen LogP contribution < -0.4 is 5.56 Å². The zero-order chi connectivity index (χ0) is 10.7. The zero-order valence-electron chi connectivity index (χ0n) is 7.91. The van der Waals surface area contributed by atoms with Crippen molar-refractivity contribution >= 4 is 12.2 Å². The van der Waals surface area contributed by atoms with Crippen molar-refractivity contribution in [3.8, 4) is 5.88 Å². The molecule has 0 amide bonds. The second-order valence-electron chi connectivity index (χ2n) is 2.81. The van der Waals surface area contributed by atoms with E-state index in [4.69, 9.17) is 12.2 Å². The summed E-state index contributed by atoms with van der Waals surface area (Å²) in [7, 11) is 0. The lowest BCUT2D eigenvalue weighted by Gasteiger charge is -2.09. The Bertz CT molecular complexity index is 459. The maximum Gasteiger partial charge on any atom is 0.258 e. The summed E-state index contributed by atoms with van der Waals surface area (Å²) in [4.78, 5) is 13.8. The topological polar surface area (TPSA) is 58.0 Å². The van der Waals surface area contributed by atoms with Crippen molar-refractivity contribution in [3.05, 3.63) is 33.3 Å². The van der Waals surface area contributed by atoms with Gasteiger partial charge in [0.05, 0.1) is 5.56 Å². The third kappa shape index (κ3) is 1.77. The minimum Gasteiger partial charge on any atom is -0.494 e. The normalized spacial score (nSPS) is 10.1. The number of hydrogen-bond donors (Lipinski definition) is 2. The van der Waals surface area contributed by atoms with Crippen molar-refractivity contribution in [1.29, 1.82) is 0 Å². The molecule has 14 heavy (non-hydrogen) atoms. The highest BCUT2D eigenvalue weighted by molar-refractivity contribution is 7.71. The Kier molecular flexibility index (Phi) is 3.24. The number of rotatable bonds is 3. The Hall–Kier alpha value is -1.36. The molecule has 1 aromatic heterocycles. The van der Waals surface area contributed by atoms with E-state index in [0.717, 1.165) is 0 Å². The molecule has 2 N–H and O–H groups in total. The molecule has 0 saturated carbocycles. The number of nitrogens with one attached hydrogen (secondary N) is 1. The Balaban J connectivity index is 3.51. The fourth-order valence-corrected chi connectivity index (χ4v) is 1.47. The van der Waals surface area contributed by atoms with Crippen LogP contribution in [0.5, 0.6) is 5.88 Å². The minimum atomic E-state index is -0.324. The van der Waals surface area contributed by atoms with Crippen LogP contribution in [-0.2, 0) is 13.0 Å². The monoisotopic (exact) mass is 212 g/mol. The SMILES string of the molecule is C=CCn1c(O)c(CC)c(=O)[nH]c1=S. The van der Waals surface area contributed by atoms with E-state index in [2.05, 4.69) is 11.6 Å². The highest BCUT2D eigenvalue weighted by Crippen LogP contribution is 2.13. The number of aromatic nitrogens is 2. The molecular weight excluding hydrogens is 200 g/mol. The maximum absolute atomic E-state index is 11.3. The van der Waals surface area contributed by atoms with Gasteiger partial charge in [0.1, 0.15) is 0 Å². The predicted molar refractivity (Wildman–Crippen MR) is 57.1 cm³/mol. The molecule has 0 unspecified atom stereocenters. The van der Waals surface area contributed by atoms with Crippen molar-refractivity contribution in [3.63, 3.8) is 0 Å². The molecule has 0 fully saturated rings. The van der Waals surface area contributed by atoms with Gasteiger partial charge in [-0.1, -0.05) is 13.0 Å². The van der Waals surface area contributed by atoms with E-state index in [1.807, 2.05) is 0 Å². The lowest BCUT2D eigenvalue weighted by Crippen LogP contribution is -2.18. The van der Waals surface area contributed by atoms with Crippen LogP contribution in [0.3, 0.4) is 0 Å². The molecule has 0 aromatic carbocycles.